The summed E-state index contributed by atoms with van der Waals surface area (Å²) in [5.74, 6) is -1.49. The number of methoxy groups -OCH3 is 1. The van der Waals surface area contributed by atoms with Crippen LogP contribution in [-0.4, -0.2) is 75.3 Å². The highest BCUT2D eigenvalue weighted by molar-refractivity contribution is 9.10. The van der Waals surface area contributed by atoms with Gasteiger partial charge in [-0.15, -0.1) is 0 Å². The molecule has 0 amide bonds. The summed E-state index contributed by atoms with van der Waals surface area (Å²) in [7, 11) is 1.52. The number of para-hydroxylation sites is 2. The van der Waals surface area contributed by atoms with Gasteiger partial charge in [-0.2, -0.15) is 13.2 Å². The zero-order valence-corrected chi connectivity index (χ0v) is 77.1. The summed E-state index contributed by atoms with van der Waals surface area (Å²) in [5.41, 5.74) is -1.26. The van der Waals surface area contributed by atoms with E-state index in [-0.39, 0.29) is 101 Å². The van der Waals surface area contributed by atoms with Gasteiger partial charge in [0, 0.05) is 64.8 Å². The van der Waals surface area contributed by atoms with Crippen LogP contribution in [-0.2, 0) is 19.3 Å². The zero-order chi connectivity index (χ0) is 96.8. The first-order valence-electron chi connectivity index (χ1n) is 41.1. The van der Waals surface area contributed by atoms with E-state index in [0.29, 0.717) is 92.6 Å². The fraction of sp³-hybridized carbons (Fsp3) is 0.0784. The van der Waals surface area contributed by atoms with E-state index in [4.69, 9.17) is 67.1 Å². The molecule has 0 aliphatic carbocycles. The third kappa shape index (κ3) is 20.5. The third-order valence-corrected chi connectivity index (χ3v) is 26.0. The van der Waals surface area contributed by atoms with Gasteiger partial charge in [0.25, 0.3) is 22.2 Å². The van der Waals surface area contributed by atoms with E-state index in [1.807, 2.05) is 54.6 Å². The SMILES string of the molecule is COc1cccc(Cn2c(=O)c3c(O)c(Sc4ccccc4C(F)(F)F)c(=O)oc3c3ccccc32)c1.O=c1oc2c(c(O)c1Sc1cccc(Cl)c1)c(=O)n(Cc1ccc(OCCC(O)CO)cc1)c1cc(Cl)ccc21.O=c1oc2cc(-c3ccccc3)n(-c3cccc(F)c3)c(=O)c2c(O)c1Br.O=c1oc2cc(-c3ccccc3)n(-c3ccccc3)c(=O)c2c(O)c1Sc1ccc(Cl)cc1. The number of fused-ring (bicyclic) bond motifs is 8. The Labute approximate surface area is 805 Å². The van der Waals surface area contributed by atoms with Gasteiger partial charge in [0.2, 0.25) is 0 Å². The lowest BCUT2D eigenvalue weighted by Crippen LogP contribution is -2.23. The second kappa shape index (κ2) is 41.3. The quantitative estimate of drug-likeness (QED) is 0.0305. The van der Waals surface area contributed by atoms with Gasteiger partial charge in [-0.1, -0.05) is 210 Å². The van der Waals surface area contributed by atoms with Crippen LogP contribution in [0.4, 0.5) is 17.6 Å². The lowest BCUT2D eigenvalue weighted by Gasteiger charge is -2.15. The van der Waals surface area contributed by atoms with Crippen molar-refractivity contribution in [1.29, 1.82) is 0 Å². The molecule has 0 aliphatic heterocycles. The number of hydrogen-bond acceptors (Lipinski definition) is 23. The second-order valence-electron chi connectivity index (χ2n) is 30.2. The van der Waals surface area contributed by atoms with E-state index in [1.54, 1.807) is 188 Å². The van der Waals surface area contributed by atoms with Crippen LogP contribution in [0.3, 0.4) is 0 Å². The van der Waals surface area contributed by atoms with Crippen LogP contribution < -0.4 is 54.2 Å². The van der Waals surface area contributed by atoms with Gasteiger partial charge in [-0.3, -0.25) is 28.3 Å². The van der Waals surface area contributed by atoms with Crippen LogP contribution in [0.1, 0.15) is 23.1 Å². The average Bonchev–Trinajstić information content (AvgIpc) is 0.747. The molecule has 0 spiro atoms. The first kappa shape index (κ1) is 95.6. The molecule has 24 nitrogen and oxygen atoms in total. The van der Waals surface area contributed by atoms with E-state index in [9.17, 15) is 81.5 Å². The van der Waals surface area contributed by atoms with Crippen molar-refractivity contribution in [2.45, 2.75) is 61.2 Å². The van der Waals surface area contributed by atoms with E-state index in [0.717, 1.165) is 46.3 Å². The maximum Gasteiger partial charge on any atom is 0.417 e. The molecule has 1 atom stereocenters. The average molecular weight is 2030 g/mol. The topological polar surface area (TPSA) is 349 Å². The Morgan fingerprint density at radius 3 is 1.53 bits per heavy atom. The second-order valence-corrected chi connectivity index (χ2v) is 35.5. The minimum absolute atomic E-state index is 0.0222. The number of aromatic nitrogens is 4. The Hall–Kier alpha value is -14.6. The number of alkyl halides is 3. The fourth-order valence-corrected chi connectivity index (χ4v) is 18.4. The van der Waals surface area contributed by atoms with Crippen LogP contribution in [0.25, 0.3) is 99.6 Å². The number of pyridine rings is 4. The highest BCUT2D eigenvalue weighted by Crippen LogP contribution is 2.45. The molecule has 8 aromatic heterocycles. The predicted molar refractivity (Wildman–Crippen MR) is 522 cm³/mol. The Bertz CT molecular complexity index is 8430. The number of aromatic hydroxyl groups is 4. The molecule has 0 aliphatic rings. The van der Waals surface area contributed by atoms with E-state index < -0.39 is 96.3 Å². The molecular formula is C102H68BrCl3F4N4O20S3. The molecule has 19 aromatic rings. The first-order chi connectivity index (χ1) is 65.9. The minimum atomic E-state index is -4.68. The number of nitrogens with zero attached hydrogens (tertiary/aromatic N) is 4. The Kier molecular flexibility index (Phi) is 28.8. The highest BCUT2D eigenvalue weighted by Gasteiger charge is 2.35. The summed E-state index contributed by atoms with van der Waals surface area (Å²) in [4.78, 5) is 105. The van der Waals surface area contributed by atoms with Gasteiger partial charge in [0.05, 0.1) is 73.2 Å². The van der Waals surface area contributed by atoms with Crippen LogP contribution in [0.5, 0.6) is 34.5 Å². The lowest BCUT2D eigenvalue weighted by atomic mass is 10.1. The monoisotopic (exact) mass is 2020 g/mol. The standard InChI is InChI=1S/C29H23Cl2NO7S.C27H18F3NO5S.C26H16ClNO4S.C20H11BrFNO4/c30-17-2-1-3-21(12-17)40-27-25(35)24-26(39-29(27)37)22-9-6-18(31)13-23(22)32(28(24)36)14-16-4-7-20(8-5-16)38-11-10-19(34)15-33;1-35-16-8-6-7-15(13-16)14-31-19-11-4-2-9-17(19)23-21(25(31)33)22(32)24(26(34)36-23)37-20-12-5-3-10-18(20)27(28,29)30;27-17-11-13-19(14-12-17)33-24-23(29)22-21(32-26(24)31)15-20(16-7-3-1-4-8-16)28(25(22)30)18-9-5-2-6-10-18;21-17-18(24)16-15(27-20(17)26)10-14(11-5-2-1-3-6-11)23(19(16)25)13-8-4-7-12(22)9-13/h1-9,12-13,19,33-35H,10-11,14-15H2;2-13,32H,14H2,1H3;1-15,29H;1-10,24H. The number of aliphatic hydroxyl groups excluding tert-OH is 2. The van der Waals surface area contributed by atoms with Crippen molar-refractivity contribution >= 4 is 152 Å². The Balaban J connectivity index is 0.000000133. The van der Waals surface area contributed by atoms with E-state index in [1.165, 1.54) is 67.8 Å². The third-order valence-electron chi connectivity index (χ3n) is 21.3. The van der Waals surface area contributed by atoms with Gasteiger partial charge in [0.15, 0.2) is 34.2 Å². The number of hydrogen-bond donors (Lipinski definition) is 6. The fourth-order valence-electron chi connectivity index (χ4n) is 14.9. The van der Waals surface area contributed by atoms with Crippen LogP contribution >= 0.6 is 86.0 Å². The first-order valence-corrected chi connectivity index (χ1v) is 45.5. The summed E-state index contributed by atoms with van der Waals surface area (Å²) >= 11 is 23.6. The molecule has 690 valence electrons. The Morgan fingerprint density at radius 2 is 0.927 bits per heavy atom. The molecule has 0 fully saturated rings. The maximum absolute atomic E-state index is 13.8. The molecule has 0 bridgehead atoms. The summed E-state index contributed by atoms with van der Waals surface area (Å²) in [6.45, 7) is 0.129. The normalized spacial score (nSPS) is 11.6. The number of rotatable bonds is 20. The summed E-state index contributed by atoms with van der Waals surface area (Å²) in [6, 6.07) is 79.9. The summed E-state index contributed by atoms with van der Waals surface area (Å²) < 4.78 is 92.4. The van der Waals surface area contributed by atoms with Gasteiger partial charge in [0.1, 0.15) is 69.2 Å². The molecule has 19 rings (SSSR count). The summed E-state index contributed by atoms with van der Waals surface area (Å²) in [6.07, 6.45) is -5.24. The summed E-state index contributed by atoms with van der Waals surface area (Å²) in [5, 5.41) is 63.6. The molecule has 8 heterocycles. The maximum atomic E-state index is 13.8. The van der Waals surface area contributed by atoms with Gasteiger partial charge >= 0.3 is 28.7 Å². The van der Waals surface area contributed by atoms with Crippen molar-refractivity contribution in [3.05, 3.63) is 416 Å². The molecule has 35 heteroatoms. The molecule has 0 saturated carbocycles. The van der Waals surface area contributed by atoms with Crippen molar-refractivity contribution < 1.29 is 75.3 Å². The molecule has 11 aromatic carbocycles. The van der Waals surface area contributed by atoms with Crippen molar-refractivity contribution in [3.63, 3.8) is 0 Å². The van der Waals surface area contributed by atoms with Crippen molar-refractivity contribution in [2.24, 2.45) is 0 Å². The molecule has 0 saturated heterocycles. The van der Waals surface area contributed by atoms with Crippen molar-refractivity contribution in [1.82, 2.24) is 18.3 Å². The molecular weight excluding hydrogens is 1960 g/mol. The van der Waals surface area contributed by atoms with Crippen LogP contribution in [0.2, 0.25) is 15.1 Å². The largest absolute Gasteiger partial charge is 0.506 e. The number of halogens is 8. The van der Waals surface area contributed by atoms with Gasteiger partial charge < -0.3 is 66.9 Å². The van der Waals surface area contributed by atoms with Crippen molar-refractivity contribution in [2.75, 3.05) is 20.3 Å². The van der Waals surface area contributed by atoms with Gasteiger partial charge in [-0.05, 0) is 178 Å². The number of aliphatic hydroxyl groups is 2. The zero-order valence-electron chi connectivity index (χ0n) is 70.8. The highest BCUT2D eigenvalue weighted by atomic mass is 79.9. The van der Waals surface area contributed by atoms with E-state index >= 15 is 0 Å². The smallest absolute Gasteiger partial charge is 0.417 e. The number of ether oxygens (including phenoxy) is 2. The predicted octanol–water partition coefficient (Wildman–Crippen LogP) is 21.8. The molecule has 6 N–H and O–H groups in total. The minimum Gasteiger partial charge on any atom is -0.506 e. The Morgan fingerprint density at radius 1 is 0.431 bits per heavy atom. The van der Waals surface area contributed by atoms with Crippen molar-refractivity contribution in [3.8, 4) is 68.4 Å². The lowest BCUT2D eigenvalue weighted by molar-refractivity contribution is -0.139. The van der Waals surface area contributed by atoms with E-state index in [2.05, 4.69) is 15.9 Å². The molecule has 0 radical (unpaired) electrons. The molecule has 137 heavy (non-hydrogen) atoms. The molecule has 1 unspecified atom stereocenters. The van der Waals surface area contributed by atoms with Crippen LogP contribution in [0, 0.1) is 5.82 Å². The number of benzene rings is 11. The van der Waals surface area contributed by atoms with Gasteiger partial charge in [-0.25, -0.2) is 23.6 Å². The van der Waals surface area contributed by atoms with Crippen LogP contribution in [0.15, 0.2) is 381 Å².